The van der Waals surface area contributed by atoms with E-state index in [9.17, 15) is 4.79 Å². The van der Waals surface area contributed by atoms with Gasteiger partial charge >= 0.3 is 0 Å². The number of amides is 1. The molecule has 0 unspecified atom stereocenters. The Kier molecular flexibility index (Phi) is 9.08. The van der Waals surface area contributed by atoms with Crippen LogP contribution in [0.3, 0.4) is 0 Å². The molecule has 0 saturated heterocycles. The number of benzene rings is 1. The molecule has 2 rings (SSSR count). The van der Waals surface area contributed by atoms with Gasteiger partial charge in [0.25, 0.3) is 0 Å². The molecular formula is C19H26ClN5OS2. The van der Waals surface area contributed by atoms with Gasteiger partial charge < -0.3 is 15.5 Å². The Hall–Kier alpha value is -1.77. The molecule has 2 aromatic rings. The Labute approximate surface area is 179 Å². The number of thioether (sulfide) groups is 1. The van der Waals surface area contributed by atoms with Crippen molar-refractivity contribution in [2.75, 3.05) is 32.9 Å². The Morgan fingerprint density at radius 2 is 1.96 bits per heavy atom. The van der Waals surface area contributed by atoms with E-state index in [-0.39, 0.29) is 12.5 Å². The van der Waals surface area contributed by atoms with E-state index >= 15 is 0 Å². The first-order valence-electron chi connectivity index (χ1n) is 8.88. The molecule has 0 atom stereocenters. The summed E-state index contributed by atoms with van der Waals surface area (Å²) in [5, 5.41) is 8.29. The number of hydrogen-bond donors (Lipinski definition) is 2. The summed E-state index contributed by atoms with van der Waals surface area (Å²) in [6, 6.07) is 7.78. The van der Waals surface area contributed by atoms with Crippen molar-refractivity contribution in [3.05, 3.63) is 44.9 Å². The molecule has 0 spiro atoms. The summed E-state index contributed by atoms with van der Waals surface area (Å²) in [6.07, 6.45) is 0. The summed E-state index contributed by atoms with van der Waals surface area (Å²) in [4.78, 5) is 24.7. The van der Waals surface area contributed by atoms with Crippen LogP contribution in [-0.4, -0.2) is 54.7 Å². The standard InChI is InChI=1S/C19H26ClN5OS2/c1-13-14(2)28-17(24-13)11-22-19(23-12-18(26)25(3)4)21-9-10-27-16-7-5-15(20)6-8-16/h5-8H,9-12H2,1-4H3,(H2,21,22,23). The molecule has 0 aliphatic carbocycles. The minimum Gasteiger partial charge on any atom is -0.356 e. The number of aryl methyl sites for hydroxylation is 2. The van der Waals surface area contributed by atoms with Crippen LogP contribution in [0.5, 0.6) is 0 Å². The number of halogens is 1. The molecule has 1 heterocycles. The molecule has 28 heavy (non-hydrogen) atoms. The third kappa shape index (κ3) is 7.69. The molecule has 6 nitrogen and oxygen atoms in total. The first kappa shape index (κ1) is 22.5. The first-order chi connectivity index (χ1) is 13.3. The summed E-state index contributed by atoms with van der Waals surface area (Å²) in [5.41, 5.74) is 1.05. The number of aromatic nitrogens is 1. The van der Waals surface area contributed by atoms with Crippen LogP contribution in [0.25, 0.3) is 0 Å². The van der Waals surface area contributed by atoms with Crippen molar-refractivity contribution in [1.82, 2.24) is 20.5 Å². The van der Waals surface area contributed by atoms with Crippen LogP contribution >= 0.6 is 34.7 Å². The van der Waals surface area contributed by atoms with Crippen molar-refractivity contribution >= 4 is 46.6 Å². The second-order valence-corrected chi connectivity index (χ2v) is 9.18. The van der Waals surface area contributed by atoms with Gasteiger partial charge in [-0.05, 0) is 38.1 Å². The molecule has 0 aliphatic rings. The third-order valence-electron chi connectivity index (χ3n) is 3.83. The van der Waals surface area contributed by atoms with E-state index < -0.39 is 0 Å². The zero-order chi connectivity index (χ0) is 20.5. The molecule has 0 radical (unpaired) electrons. The van der Waals surface area contributed by atoms with Crippen molar-refractivity contribution in [2.45, 2.75) is 25.3 Å². The number of nitrogens with zero attached hydrogens (tertiary/aromatic N) is 3. The highest BCUT2D eigenvalue weighted by atomic mass is 35.5. The highest BCUT2D eigenvalue weighted by molar-refractivity contribution is 7.99. The van der Waals surface area contributed by atoms with E-state index in [0.29, 0.717) is 19.0 Å². The van der Waals surface area contributed by atoms with Crippen LogP contribution in [0, 0.1) is 13.8 Å². The lowest BCUT2D eigenvalue weighted by Crippen LogP contribution is -2.39. The molecule has 9 heteroatoms. The zero-order valence-electron chi connectivity index (χ0n) is 16.6. The maximum Gasteiger partial charge on any atom is 0.243 e. The second-order valence-electron chi connectivity index (χ2n) is 6.28. The summed E-state index contributed by atoms with van der Waals surface area (Å²) < 4.78 is 0. The second kappa shape index (κ2) is 11.3. The fourth-order valence-electron chi connectivity index (χ4n) is 2.11. The summed E-state index contributed by atoms with van der Waals surface area (Å²) in [7, 11) is 3.45. The topological polar surface area (TPSA) is 69.6 Å². The first-order valence-corrected chi connectivity index (χ1v) is 11.1. The lowest BCUT2D eigenvalue weighted by Gasteiger charge is -2.13. The summed E-state index contributed by atoms with van der Waals surface area (Å²) >= 11 is 9.31. The number of aliphatic imine (C=N–C) groups is 1. The predicted molar refractivity (Wildman–Crippen MR) is 120 cm³/mol. The van der Waals surface area contributed by atoms with Crippen molar-refractivity contribution < 1.29 is 4.79 Å². The predicted octanol–water partition coefficient (Wildman–Crippen LogP) is 3.33. The number of likely N-dealkylation sites (N-methyl/N-ethyl adjacent to an activating group) is 1. The van der Waals surface area contributed by atoms with Crippen molar-refractivity contribution in [3.8, 4) is 0 Å². The number of guanidine groups is 1. The van der Waals surface area contributed by atoms with Crippen molar-refractivity contribution in [1.29, 1.82) is 0 Å². The largest absolute Gasteiger partial charge is 0.356 e. The van der Waals surface area contributed by atoms with Gasteiger partial charge in [0, 0.05) is 41.2 Å². The van der Waals surface area contributed by atoms with Gasteiger partial charge in [-0.2, -0.15) is 0 Å². The zero-order valence-corrected chi connectivity index (χ0v) is 19.0. The van der Waals surface area contributed by atoms with E-state index in [2.05, 4.69) is 27.5 Å². The summed E-state index contributed by atoms with van der Waals surface area (Å²) in [6.45, 7) is 5.46. The fourth-order valence-corrected chi connectivity index (χ4v) is 3.87. The van der Waals surface area contributed by atoms with Crippen LogP contribution in [0.15, 0.2) is 34.2 Å². The SMILES string of the molecule is Cc1nc(CNC(=NCC(=O)N(C)C)NCCSc2ccc(Cl)cc2)sc1C. The smallest absolute Gasteiger partial charge is 0.243 e. The van der Waals surface area contributed by atoms with E-state index in [1.165, 1.54) is 9.78 Å². The molecule has 1 aromatic heterocycles. The quantitative estimate of drug-likeness (QED) is 0.286. The van der Waals surface area contributed by atoms with Crippen LogP contribution in [0.4, 0.5) is 0 Å². The van der Waals surface area contributed by atoms with Crippen LogP contribution < -0.4 is 10.6 Å². The minimum absolute atomic E-state index is 0.0439. The van der Waals surface area contributed by atoms with Gasteiger partial charge in [-0.15, -0.1) is 23.1 Å². The lowest BCUT2D eigenvalue weighted by molar-refractivity contribution is -0.127. The van der Waals surface area contributed by atoms with E-state index in [1.807, 2.05) is 31.2 Å². The van der Waals surface area contributed by atoms with Crippen molar-refractivity contribution in [2.24, 2.45) is 4.99 Å². The molecular weight excluding hydrogens is 414 g/mol. The Morgan fingerprint density at radius 1 is 1.25 bits per heavy atom. The molecule has 0 fully saturated rings. The number of carbonyl (C=O) groups is 1. The molecule has 1 aromatic carbocycles. The van der Waals surface area contributed by atoms with Gasteiger partial charge in [0.15, 0.2) is 5.96 Å². The van der Waals surface area contributed by atoms with Gasteiger partial charge in [0.1, 0.15) is 11.6 Å². The molecule has 0 bridgehead atoms. The van der Waals surface area contributed by atoms with Gasteiger partial charge in [-0.3, -0.25) is 4.79 Å². The third-order valence-corrected chi connectivity index (χ3v) is 6.17. The van der Waals surface area contributed by atoms with E-state index in [1.54, 1.807) is 37.2 Å². The number of hydrogen-bond acceptors (Lipinski definition) is 5. The van der Waals surface area contributed by atoms with Crippen LogP contribution in [-0.2, 0) is 11.3 Å². The van der Waals surface area contributed by atoms with Gasteiger partial charge in [0.2, 0.25) is 5.91 Å². The highest BCUT2D eigenvalue weighted by Crippen LogP contribution is 2.19. The van der Waals surface area contributed by atoms with Gasteiger partial charge in [0.05, 0.1) is 12.2 Å². The van der Waals surface area contributed by atoms with Crippen LogP contribution in [0.2, 0.25) is 5.02 Å². The van der Waals surface area contributed by atoms with E-state index in [4.69, 9.17) is 11.6 Å². The van der Waals surface area contributed by atoms with Gasteiger partial charge in [-0.1, -0.05) is 11.6 Å². The highest BCUT2D eigenvalue weighted by Gasteiger charge is 2.07. The maximum atomic E-state index is 11.9. The summed E-state index contributed by atoms with van der Waals surface area (Å²) in [5.74, 6) is 1.43. The van der Waals surface area contributed by atoms with Crippen molar-refractivity contribution in [3.63, 3.8) is 0 Å². The lowest BCUT2D eigenvalue weighted by atomic mass is 10.4. The Morgan fingerprint density at radius 3 is 2.57 bits per heavy atom. The number of nitrogens with one attached hydrogen (secondary N) is 2. The van der Waals surface area contributed by atoms with Crippen LogP contribution in [0.1, 0.15) is 15.6 Å². The minimum atomic E-state index is -0.0439. The number of thiazole rings is 1. The Balaban J connectivity index is 1.88. The average Bonchev–Trinajstić information content (AvgIpc) is 2.99. The molecule has 152 valence electrons. The number of rotatable bonds is 8. The normalized spacial score (nSPS) is 11.4. The van der Waals surface area contributed by atoms with Gasteiger partial charge in [-0.25, -0.2) is 9.98 Å². The maximum absolute atomic E-state index is 11.9. The average molecular weight is 440 g/mol. The monoisotopic (exact) mass is 439 g/mol. The molecule has 2 N–H and O–H groups in total. The number of carbonyl (C=O) groups excluding carboxylic acids is 1. The molecule has 1 amide bonds. The fraction of sp³-hybridized carbons (Fsp3) is 0.421. The molecule has 0 saturated carbocycles. The molecule has 0 aliphatic heterocycles. The van der Waals surface area contributed by atoms with E-state index in [0.717, 1.165) is 26.4 Å². The Bertz CT molecular complexity index is 786.